The number of nitrogens with zero attached hydrogens (tertiary/aromatic N) is 1. The Balaban J connectivity index is 1.56. The van der Waals surface area contributed by atoms with Crippen LogP contribution in [-0.4, -0.2) is 35.0 Å². The van der Waals surface area contributed by atoms with Crippen LogP contribution in [0.25, 0.3) is 0 Å². The lowest BCUT2D eigenvalue weighted by atomic mass is 9.81. The normalized spacial score (nSPS) is 33.6. The summed E-state index contributed by atoms with van der Waals surface area (Å²) in [5.41, 5.74) is -0.622. The topological polar surface area (TPSA) is 57.6 Å². The Labute approximate surface area is 120 Å². The Morgan fingerprint density at radius 3 is 2.55 bits per heavy atom. The smallest absolute Gasteiger partial charge is 0.311 e. The number of aliphatic carboxylic acids is 1. The van der Waals surface area contributed by atoms with Gasteiger partial charge in [0.2, 0.25) is 5.91 Å². The van der Waals surface area contributed by atoms with Gasteiger partial charge in [0.05, 0.1) is 5.41 Å². The summed E-state index contributed by atoms with van der Waals surface area (Å²) < 4.78 is 0. The van der Waals surface area contributed by atoms with Crippen molar-refractivity contribution in [2.75, 3.05) is 13.1 Å². The molecule has 0 radical (unpaired) electrons. The van der Waals surface area contributed by atoms with Crippen molar-refractivity contribution in [2.24, 2.45) is 17.3 Å². The molecule has 0 spiro atoms. The zero-order chi connectivity index (χ0) is 14.2. The summed E-state index contributed by atoms with van der Waals surface area (Å²) in [6, 6.07) is 0. The first-order valence-electron chi connectivity index (χ1n) is 8.13. The second-order valence-corrected chi connectivity index (χ2v) is 7.01. The zero-order valence-corrected chi connectivity index (χ0v) is 12.1. The molecule has 0 bridgehead atoms. The van der Waals surface area contributed by atoms with E-state index in [9.17, 15) is 14.7 Å². The minimum atomic E-state index is -0.689. The molecule has 4 heteroatoms. The van der Waals surface area contributed by atoms with Crippen LogP contribution in [0.4, 0.5) is 0 Å². The molecule has 2 atom stereocenters. The molecular weight excluding hydrogens is 254 g/mol. The summed E-state index contributed by atoms with van der Waals surface area (Å²) in [4.78, 5) is 25.8. The van der Waals surface area contributed by atoms with Gasteiger partial charge in [-0.2, -0.15) is 0 Å². The zero-order valence-electron chi connectivity index (χ0n) is 12.1. The lowest BCUT2D eigenvalue weighted by molar-refractivity contribution is -0.149. The molecule has 0 aromatic heterocycles. The molecule has 0 unspecified atom stereocenters. The van der Waals surface area contributed by atoms with Crippen molar-refractivity contribution in [3.05, 3.63) is 0 Å². The third-order valence-corrected chi connectivity index (χ3v) is 5.89. The molecule has 4 nitrogen and oxygen atoms in total. The van der Waals surface area contributed by atoms with Crippen LogP contribution < -0.4 is 0 Å². The molecule has 3 fully saturated rings. The summed E-state index contributed by atoms with van der Waals surface area (Å²) in [6.45, 7) is 1.13. The number of amides is 1. The average Bonchev–Trinajstić information content (AvgIpc) is 3.10. The van der Waals surface area contributed by atoms with E-state index in [1.165, 1.54) is 25.7 Å². The first-order chi connectivity index (χ1) is 9.62. The van der Waals surface area contributed by atoms with E-state index >= 15 is 0 Å². The average molecular weight is 279 g/mol. The molecule has 2 aliphatic carbocycles. The molecule has 1 aliphatic heterocycles. The van der Waals surface area contributed by atoms with Crippen LogP contribution >= 0.6 is 0 Å². The molecule has 1 amide bonds. The van der Waals surface area contributed by atoms with Crippen LogP contribution in [0.5, 0.6) is 0 Å². The molecule has 3 aliphatic rings. The predicted molar refractivity (Wildman–Crippen MR) is 75.2 cm³/mol. The Morgan fingerprint density at radius 1 is 1.15 bits per heavy atom. The van der Waals surface area contributed by atoms with Gasteiger partial charge in [-0.15, -0.1) is 0 Å². The SMILES string of the molecule is O=C(CCC1CCCC1)N1C[C@@H]2CCC[C@@]2(C(=O)O)C1. The molecular formula is C16H25NO3. The molecule has 1 N–H and O–H groups in total. The Kier molecular flexibility index (Phi) is 3.74. The van der Waals surface area contributed by atoms with Gasteiger partial charge < -0.3 is 10.0 Å². The van der Waals surface area contributed by atoms with Crippen LogP contribution in [0.3, 0.4) is 0 Å². The van der Waals surface area contributed by atoms with E-state index in [1.807, 2.05) is 4.90 Å². The molecule has 1 heterocycles. The fraction of sp³-hybridized carbons (Fsp3) is 0.875. The van der Waals surface area contributed by atoms with Gasteiger partial charge in [0.25, 0.3) is 0 Å². The largest absolute Gasteiger partial charge is 0.481 e. The highest BCUT2D eigenvalue weighted by Gasteiger charge is 2.55. The highest BCUT2D eigenvalue weighted by atomic mass is 16.4. The number of carbonyl (C=O) groups excluding carboxylic acids is 1. The summed E-state index contributed by atoms with van der Waals surface area (Å²) in [7, 11) is 0. The molecule has 3 rings (SSSR count). The quantitative estimate of drug-likeness (QED) is 0.860. The maximum Gasteiger partial charge on any atom is 0.311 e. The van der Waals surface area contributed by atoms with Crippen molar-refractivity contribution < 1.29 is 14.7 Å². The van der Waals surface area contributed by atoms with Crippen molar-refractivity contribution in [1.82, 2.24) is 4.90 Å². The van der Waals surface area contributed by atoms with E-state index in [-0.39, 0.29) is 11.8 Å². The van der Waals surface area contributed by atoms with Gasteiger partial charge >= 0.3 is 5.97 Å². The van der Waals surface area contributed by atoms with Crippen LogP contribution in [0.1, 0.15) is 57.8 Å². The second-order valence-electron chi connectivity index (χ2n) is 7.01. The summed E-state index contributed by atoms with van der Waals surface area (Å²) in [6.07, 6.45) is 9.51. The van der Waals surface area contributed by atoms with Crippen LogP contribution in [0.2, 0.25) is 0 Å². The van der Waals surface area contributed by atoms with Gasteiger partial charge in [0.1, 0.15) is 0 Å². The first-order valence-corrected chi connectivity index (χ1v) is 8.13. The van der Waals surface area contributed by atoms with Crippen LogP contribution in [-0.2, 0) is 9.59 Å². The second kappa shape index (κ2) is 5.38. The Hall–Kier alpha value is -1.06. The number of fused-ring (bicyclic) bond motifs is 1. The molecule has 20 heavy (non-hydrogen) atoms. The lowest BCUT2D eigenvalue weighted by Gasteiger charge is -2.23. The van der Waals surface area contributed by atoms with Gasteiger partial charge in [-0.1, -0.05) is 32.1 Å². The molecule has 112 valence electrons. The number of carboxylic acid groups (broad SMARTS) is 1. The fourth-order valence-corrected chi connectivity index (χ4v) is 4.61. The molecule has 0 aromatic rings. The Bertz CT molecular complexity index is 403. The first kappa shape index (κ1) is 13.9. The highest BCUT2D eigenvalue weighted by molar-refractivity contribution is 5.81. The third-order valence-electron chi connectivity index (χ3n) is 5.89. The van der Waals surface area contributed by atoms with Crippen molar-refractivity contribution >= 4 is 11.9 Å². The van der Waals surface area contributed by atoms with E-state index in [0.717, 1.165) is 31.6 Å². The third kappa shape index (κ3) is 2.33. The van der Waals surface area contributed by atoms with Crippen molar-refractivity contribution in [3.63, 3.8) is 0 Å². The molecule has 1 saturated heterocycles. The summed E-state index contributed by atoms with van der Waals surface area (Å²) >= 11 is 0. The van der Waals surface area contributed by atoms with Gasteiger partial charge in [-0.3, -0.25) is 9.59 Å². The minimum absolute atomic E-state index is 0.187. The maximum atomic E-state index is 12.3. The lowest BCUT2D eigenvalue weighted by Crippen LogP contribution is -2.37. The highest BCUT2D eigenvalue weighted by Crippen LogP contribution is 2.49. The van der Waals surface area contributed by atoms with E-state index < -0.39 is 11.4 Å². The van der Waals surface area contributed by atoms with Gasteiger partial charge in [-0.25, -0.2) is 0 Å². The number of carboxylic acids is 1. The Morgan fingerprint density at radius 2 is 1.90 bits per heavy atom. The fourth-order valence-electron chi connectivity index (χ4n) is 4.61. The van der Waals surface area contributed by atoms with Crippen molar-refractivity contribution in [3.8, 4) is 0 Å². The van der Waals surface area contributed by atoms with Gasteiger partial charge in [0, 0.05) is 19.5 Å². The standard InChI is InChI=1S/C16H25NO3/c18-14(8-7-12-4-1-2-5-12)17-10-13-6-3-9-16(13,11-17)15(19)20/h12-13H,1-11H2,(H,19,20)/t13-,16+/m0/s1. The number of rotatable bonds is 4. The number of hydrogen-bond acceptors (Lipinski definition) is 2. The monoisotopic (exact) mass is 279 g/mol. The van der Waals surface area contributed by atoms with Gasteiger partial charge in [-0.05, 0) is 31.1 Å². The van der Waals surface area contributed by atoms with Crippen molar-refractivity contribution in [2.45, 2.75) is 57.8 Å². The van der Waals surface area contributed by atoms with E-state index in [0.29, 0.717) is 19.5 Å². The number of likely N-dealkylation sites (tertiary alicyclic amines) is 1. The number of carbonyl (C=O) groups is 2. The summed E-state index contributed by atoms with van der Waals surface area (Å²) in [5, 5.41) is 9.54. The van der Waals surface area contributed by atoms with Crippen LogP contribution in [0, 0.1) is 17.3 Å². The maximum absolute atomic E-state index is 12.3. The van der Waals surface area contributed by atoms with E-state index in [4.69, 9.17) is 0 Å². The predicted octanol–water partition coefficient (Wildman–Crippen LogP) is 2.67. The summed E-state index contributed by atoms with van der Waals surface area (Å²) in [5.74, 6) is 0.419. The minimum Gasteiger partial charge on any atom is -0.481 e. The van der Waals surface area contributed by atoms with Crippen LogP contribution in [0.15, 0.2) is 0 Å². The molecule has 2 saturated carbocycles. The molecule has 0 aromatic carbocycles. The van der Waals surface area contributed by atoms with E-state index in [2.05, 4.69) is 0 Å². The van der Waals surface area contributed by atoms with E-state index in [1.54, 1.807) is 0 Å². The number of hydrogen-bond donors (Lipinski definition) is 1. The van der Waals surface area contributed by atoms with Crippen molar-refractivity contribution in [1.29, 1.82) is 0 Å². The van der Waals surface area contributed by atoms with Gasteiger partial charge in [0.15, 0.2) is 0 Å².